The average molecular weight is 186 g/mol. The molecule has 1 aromatic carbocycles. The number of hydrogen-bond donors (Lipinski definition) is 1. The predicted octanol–water partition coefficient (Wildman–Crippen LogP) is 2.16. The van der Waals surface area contributed by atoms with Crippen LogP contribution in [-0.4, -0.2) is 16.0 Å². The number of Topliss-reactive ketones (excluding diaryl/α,β-unsaturated/α-hetero) is 1. The van der Waals surface area contributed by atoms with Crippen molar-refractivity contribution in [2.24, 2.45) is 5.92 Å². The molecule has 3 nitrogen and oxygen atoms in total. The molecule has 1 N–H and O–H groups in total. The van der Waals surface area contributed by atoms with Crippen LogP contribution in [0.4, 0.5) is 0 Å². The molecule has 0 atom stereocenters. The van der Waals surface area contributed by atoms with Crippen LogP contribution in [0.1, 0.15) is 23.2 Å². The van der Waals surface area contributed by atoms with Gasteiger partial charge in [0.15, 0.2) is 5.78 Å². The van der Waals surface area contributed by atoms with E-state index in [1.165, 1.54) is 0 Å². The maximum Gasteiger partial charge on any atom is 0.168 e. The molecule has 2 aromatic rings. The number of para-hydroxylation sites is 1. The summed E-state index contributed by atoms with van der Waals surface area (Å²) in [7, 11) is 0. The quantitative estimate of drug-likeness (QED) is 0.730. The van der Waals surface area contributed by atoms with Gasteiger partial charge in [-0.2, -0.15) is 5.10 Å². The lowest BCUT2D eigenvalue weighted by molar-refractivity contribution is 0.0969. The third-order valence-electron chi connectivity index (χ3n) is 2.69. The Morgan fingerprint density at radius 2 is 2.29 bits per heavy atom. The van der Waals surface area contributed by atoms with Gasteiger partial charge in [-0.25, -0.2) is 0 Å². The highest BCUT2D eigenvalue weighted by molar-refractivity contribution is 6.08. The van der Waals surface area contributed by atoms with Crippen LogP contribution in [0, 0.1) is 5.92 Å². The fourth-order valence-corrected chi connectivity index (χ4v) is 1.74. The molecule has 0 radical (unpaired) electrons. The van der Waals surface area contributed by atoms with E-state index < -0.39 is 0 Å². The Balaban J connectivity index is 2.18. The number of carbonyl (C=O) groups excluding carboxylic acids is 1. The molecule has 0 unspecified atom stereocenters. The highest BCUT2D eigenvalue weighted by Gasteiger charge is 2.31. The van der Waals surface area contributed by atoms with Crippen molar-refractivity contribution in [1.82, 2.24) is 10.2 Å². The number of ketones is 1. The van der Waals surface area contributed by atoms with E-state index >= 15 is 0 Å². The van der Waals surface area contributed by atoms with Crippen LogP contribution in [-0.2, 0) is 0 Å². The van der Waals surface area contributed by atoms with Gasteiger partial charge in [0.05, 0.1) is 11.7 Å². The van der Waals surface area contributed by atoms with Crippen molar-refractivity contribution in [2.45, 2.75) is 12.8 Å². The van der Waals surface area contributed by atoms with Gasteiger partial charge in [0.1, 0.15) is 0 Å². The van der Waals surface area contributed by atoms with Crippen molar-refractivity contribution in [1.29, 1.82) is 0 Å². The molecule has 1 fully saturated rings. The van der Waals surface area contributed by atoms with E-state index in [0.717, 1.165) is 29.3 Å². The molecule has 0 bridgehead atoms. The summed E-state index contributed by atoms with van der Waals surface area (Å²) in [6.45, 7) is 0. The van der Waals surface area contributed by atoms with Crippen LogP contribution in [0.15, 0.2) is 24.4 Å². The monoisotopic (exact) mass is 186 g/mol. The zero-order valence-corrected chi connectivity index (χ0v) is 7.66. The van der Waals surface area contributed by atoms with Crippen LogP contribution >= 0.6 is 0 Å². The smallest absolute Gasteiger partial charge is 0.168 e. The number of aromatic amines is 1. The molecule has 1 heterocycles. The van der Waals surface area contributed by atoms with Gasteiger partial charge < -0.3 is 0 Å². The largest absolute Gasteiger partial charge is 0.294 e. The van der Waals surface area contributed by atoms with Gasteiger partial charge in [-0.3, -0.25) is 9.89 Å². The predicted molar refractivity (Wildman–Crippen MR) is 53.1 cm³/mol. The summed E-state index contributed by atoms with van der Waals surface area (Å²) in [5, 5.41) is 7.84. The summed E-state index contributed by atoms with van der Waals surface area (Å²) < 4.78 is 0. The number of fused-ring (bicyclic) bond motifs is 1. The topological polar surface area (TPSA) is 45.8 Å². The molecule has 3 heteroatoms. The number of nitrogens with one attached hydrogen (secondary N) is 1. The van der Waals surface area contributed by atoms with Gasteiger partial charge in [-0.1, -0.05) is 12.1 Å². The van der Waals surface area contributed by atoms with Gasteiger partial charge >= 0.3 is 0 Å². The Morgan fingerprint density at radius 3 is 3.07 bits per heavy atom. The Labute approximate surface area is 81.1 Å². The molecule has 70 valence electrons. The van der Waals surface area contributed by atoms with Crippen molar-refractivity contribution in [3.05, 3.63) is 30.0 Å². The highest BCUT2D eigenvalue weighted by Crippen LogP contribution is 2.34. The van der Waals surface area contributed by atoms with E-state index in [2.05, 4.69) is 10.2 Å². The zero-order chi connectivity index (χ0) is 9.54. The summed E-state index contributed by atoms with van der Waals surface area (Å²) >= 11 is 0. The first-order chi connectivity index (χ1) is 6.86. The molecule has 1 aliphatic carbocycles. The molecule has 3 rings (SSSR count). The standard InChI is InChI=1S/C11H10N2O/c14-11(7-4-5-7)9-3-1-2-8-6-12-13-10(8)9/h1-3,6-7H,4-5H2,(H,12,13). The number of H-pyrrole nitrogens is 1. The fourth-order valence-electron chi connectivity index (χ4n) is 1.74. The van der Waals surface area contributed by atoms with Crippen molar-refractivity contribution < 1.29 is 4.79 Å². The maximum atomic E-state index is 11.9. The van der Waals surface area contributed by atoms with Crippen LogP contribution in [0.3, 0.4) is 0 Å². The summed E-state index contributed by atoms with van der Waals surface area (Å²) in [4.78, 5) is 11.9. The molecule has 14 heavy (non-hydrogen) atoms. The first-order valence-electron chi connectivity index (χ1n) is 4.82. The molecular weight excluding hydrogens is 176 g/mol. The molecule has 1 aliphatic rings. The van der Waals surface area contributed by atoms with Crippen molar-refractivity contribution in [3.8, 4) is 0 Å². The lowest BCUT2D eigenvalue weighted by Gasteiger charge is -1.99. The fraction of sp³-hybridized carbons (Fsp3) is 0.273. The number of benzene rings is 1. The first-order valence-corrected chi connectivity index (χ1v) is 4.82. The minimum Gasteiger partial charge on any atom is -0.294 e. The Morgan fingerprint density at radius 1 is 1.43 bits per heavy atom. The SMILES string of the molecule is O=C(c1cccc2cn[nH]c12)C1CC1. The van der Waals surface area contributed by atoms with E-state index in [4.69, 9.17) is 0 Å². The van der Waals surface area contributed by atoms with Gasteiger partial charge in [0.25, 0.3) is 0 Å². The second-order valence-corrected chi connectivity index (χ2v) is 3.78. The van der Waals surface area contributed by atoms with E-state index in [9.17, 15) is 4.79 Å². The molecule has 0 saturated heterocycles. The van der Waals surface area contributed by atoms with Gasteiger partial charge in [0, 0.05) is 16.9 Å². The molecule has 0 spiro atoms. The average Bonchev–Trinajstić information content (AvgIpc) is 2.94. The normalized spacial score (nSPS) is 16.0. The zero-order valence-electron chi connectivity index (χ0n) is 7.66. The maximum absolute atomic E-state index is 11.9. The third kappa shape index (κ3) is 1.05. The lowest BCUT2D eigenvalue weighted by atomic mass is 10.0. The van der Waals surface area contributed by atoms with Crippen LogP contribution in [0.25, 0.3) is 10.9 Å². The molecule has 1 aromatic heterocycles. The number of nitrogens with zero attached hydrogens (tertiary/aromatic N) is 1. The van der Waals surface area contributed by atoms with Gasteiger partial charge in [-0.15, -0.1) is 0 Å². The van der Waals surface area contributed by atoms with Crippen molar-refractivity contribution >= 4 is 16.7 Å². The van der Waals surface area contributed by atoms with E-state index in [1.807, 2.05) is 18.2 Å². The Hall–Kier alpha value is -1.64. The second-order valence-electron chi connectivity index (χ2n) is 3.78. The highest BCUT2D eigenvalue weighted by atomic mass is 16.1. The molecular formula is C11H10N2O. The van der Waals surface area contributed by atoms with Gasteiger partial charge in [0.2, 0.25) is 0 Å². The number of carbonyl (C=O) groups is 1. The Kier molecular flexibility index (Phi) is 1.48. The molecule has 0 amide bonds. The van der Waals surface area contributed by atoms with Gasteiger partial charge in [-0.05, 0) is 18.9 Å². The van der Waals surface area contributed by atoms with Crippen LogP contribution < -0.4 is 0 Å². The number of hydrogen-bond acceptors (Lipinski definition) is 2. The van der Waals surface area contributed by atoms with Crippen molar-refractivity contribution in [2.75, 3.05) is 0 Å². The molecule has 1 saturated carbocycles. The number of aromatic nitrogens is 2. The molecule has 0 aliphatic heterocycles. The lowest BCUT2D eigenvalue weighted by Crippen LogP contribution is -2.01. The third-order valence-corrected chi connectivity index (χ3v) is 2.69. The number of rotatable bonds is 2. The minimum absolute atomic E-state index is 0.264. The Bertz CT molecular complexity index is 497. The van der Waals surface area contributed by atoms with Crippen molar-refractivity contribution in [3.63, 3.8) is 0 Å². The minimum atomic E-state index is 0.264. The van der Waals surface area contributed by atoms with E-state index in [-0.39, 0.29) is 11.7 Å². The van der Waals surface area contributed by atoms with Crippen LogP contribution in [0.2, 0.25) is 0 Å². The summed E-state index contributed by atoms with van der Waals surface area (Å²) in [5.41, 5.74) is 1.67. The van der Waals surface area contributed by atoms with E-state index in [0.29, 0.717) is 0 Å². The second kappa shape index (κ2) is 2.67. The first kappa shape index (κ1) is 7.74. The summed E-state index contributed by atoms with van der Waals surface area (Å²) in [5.74, 6) is 0.531. The van der Waals surface area contributed by atoms with Crippen LogP contribution in [0.5, 0.6) is 0 Å². The van der Waals surface area contributed by atoms with E-state index in [1.54, 1.807) is 6.20 Å². The summed E-state index contributed by atoms with van der Waals surface area (Å²) in [6.07, 6.45) is 3.84. The summed E-state index contributed by atoms with van der Waals surface area (Å²) in [6, 6.07) is 5.75.